The van der Waals surface area contributed by atoms with Crippen molar-refractivity contribution in [2.75, 3.05) is 11.9 Å². The summed E-state index contributed by atoms with van der Waals surface area (Å²) in [7, 11) is 0. The monoisotopic (exact) mass is 235 g/mol. The van der Waals surface area contributed by atoms with Crippen molar-refractivity contribution in [1.29, 1.82) is 0 Å². The minimum Gasteiger partial charge on any atom is -0.366 e. The molecule has 0 saturated heterocycles. The van der Waals surface area contributed by atoms with Crippen molar-refractivity contribution in [3.8, 4) is 0 Å². The molecule has 2 atom stereocenters. The molecule has 0 aromatic carbocycles. The van der Waals surface area contributed by atoms with E-state index < -0.39 is 5.91 Å². The molecule has 0 radical (unpaired) electrons. The van der Waals surface area contributed by atoms with Gasteiger partial charge in [-0.2, -0.15) is 0 Å². The molecule has 1 aliphatic rings. The Morgan fingerprint density at radius 3 is 2.82 bits per heavy atom. The van der Waals surface area contributed by atoms with Crippen LogP contribution in [0.5, 0.6) is 0 Å². The summed E-state index contributed by atoms with van der Waals surface area (Å²) in [5, 5.41) is 11.0. The Morgan fingerprint density at radius 1 is 1.41 bits per heavy atom. The predicted octanol–water partition coefficient (Wildman–Crippen LogP) is 0.115. The molecular weight excluding hydrogens is 218 g/mol. The Hall–Kier alpha value is -1.69. The lowest BCUT2D eigenvalue weighted by Crippen LogP contribution is -2.30. The molecule has 17 heavy (non-hydrogen) atoms. The Kier molecular flexibility index (Phi) is 3.53. The minimum atomic E-state index is -0.565. The van der Waals surface area contributed by atoms with Crippen LogP contribution >= 0.6 is 0 Å². The number of amides is 1. The third-order valence-electron chi connectivity index (χ3n) is 3.21. The van der Waals surface area contributed by atoms with Crippen molar-refractivity contribution in [3.63, 3.8) is 0 Å². The molecule has 5 N–H and O–H groups in total. The van der Waals surface area contributed by atoms with E-state index in [1.54, 1.807) is 12.1 Å². The van der Waals surface area contributed by atoms with Gasteiger partial charge in [0.25, 0.3) is 5.91 Å². The number of nitrogens with one attached hydrogen (secondary N) is 1. The highest BCUT2D eigenvalue weighted by atomic mass is 16.1. The average molecular weight is 235 g/mol. The van der Waals surface area contributed by atoms with Crippen LogP contribution in [0, 0.1) is 5.92 Å². The Morgan fingerprint density at radius 2 is 2.24 bits per heavy atom. The van der Waals surface area contributed by atoms with Crippen molar-refractivity contribution >= 4 is 11.7 Å². The maximum Gasteiger partial charge on any atom is 0.269 e. The van der Waals surface area contributed by atoms with Gasteiger partial charge in [-0.3, -0.25) is 4.79 Å². The largest absolute Gasteiger partial charge is 0.366 e. The Balaban J connectivity index is 2.01. The lowest BCUT2D eigenvalue weighted by molar-refractivity contribution is 0.0994. The van der Waals surface area contributed by atoms with E-state index in [1.165, 1.54) is 6.42 Å². The first-order valence-corrected chi connectivity index (χ1v) is 5.81. The number of aromatic nitrogens is 2. The van der Waals surface area contributed by atoms with Crippen LogP contribution in [0.3, 0.4) is 0 Å². The van der Waals surface area contributed by atoms with Crippen molar-refractivity contribution in [2.24, 2.45) is 17.4 Å². The fourth-order valence-corrected chi connectivity index (χ4v) is 2.24. The van der Waals surface area contributed by atoms with Crippen LogP contribution in [-0.4, -0.2) is 28.7 Å². The third kappa shape index (κ3) is 2.71. The van der Waals surface area contributed by atoms with Crippen molar-refractivity contribution in [3.05, 3.63) is 17.8 Å². The molecule has 2 rings (SSSR count). The molecule has 1 heterocycles. The smallest absolute Gasteiger partial charge is 0.269 e. The van der Waals surface area contributed by atoms with Gasteiger partial charge in [0.15, 0.2) is 5.69 Å². The topological polar surface area (TPSA) is 107 Å². The fourth-order valence-electron chi connectivity index (χ4n) is 2.24. The summed E-state index contributed by atoms with van der Waals surface area (Å²) in [6, 6.07) is 3.65. The summed E-state index contributed by atoms with van der Waals surface area (Å²) in [6.45, 7) is 0.685. The first-order chi connectivity index (χ1) is 8.20. The normalized spacial score (nSPS) is 23.6. The number of carbonyl (C=O) groups excluding carboxylic acids is 1. The molecule has 1 saturated carbocycles. The van der Waals surface area contributed by atoms with E-state index in [9.17, 15) is 4.79 Å². The Labute approximate surface area is 99.8 Å². The van der Waals surface area contributed by atoms with Crippen LogP contribution in [0.2, 0.25) is 0 Å². The highest BCUT2D eigenvalue weighted by Gasteiger charge is 2.26. The molecule has 6 nitrogen and oxygen atoms in total. The second-order valence-electron chi connectivity index (χ2n) is 4.35. The molecule has 6 heteroatoms. The van der Waals surface area contributed by atoms with Gasteiger partial charge in [0.1, 0.15) is 5.82 Å². The van der Waals surface area contributed by atoms with E-state index >= 15 is 0 Å². The van der Waals surface area contributed by atoms with Crippen molar-refractivity contribution < 1.29 is 4.79 Å². The second-order valence-corrected chi connectivity index (χ2v) is 4.35. The van der Waals surface area contributed by atoms with E-state index in [4.69, 9.17) is 11.5 Å². The lowest BCUT2D eigenvalue weighted by Gasteiger charge is -2.19. The SMILES string of the molecule is NCC1CCCC1Nc1ccc(C(N)=O)nn1. The van der Waals surface area contributed by atoms with Crippen LogP contribution in [0.1, 0.15) is 29.8 Å². The van der Waals surface area contributed by atoms with Gasteiger partial charge in [0.05, 0.1) is 0 Å². The minimum absolute atomic E-state index is 0.178. The number of carbonyl (C=O) groups is 1. The van der Waals surface area contributed by atoms with Crippen LogP contribution in [0.4, 0.5) is 5.82 Å². The average Bonchev–Trinajstić information content (AvgIpc) is 2.77. The molecule has 1 amide bonds. The van der Waals surface area contributed by atoms with Crippen molar-refractivity contribution in [2.45, 2.75) is 25.3 Å². The summed E-state index contributed by atoms with van der Waals surface area (Å²) in [4.78, 5) is 10.8. The lowest BCUT2D eigenvalue weighted by atomic mass is 10.0. The number of hydrogen-bond donors (Lipinski definition) is 3. The van der Waals surface area contributed by atoms with E-state index in [1.807, 2.05) is 0 Å². The van der Waals surface area contributed by atoms with Crippen LogP contribution < -0.4 is 16.8 Å². The van der Waals surface area contributed by atoms with E-state index in [2.05, 4.69) is 15.5 Å². The zero-order valence-corrected chi connectivity index (χ0v) is 9.60. The maximum atomic E-state index is 10.8. The highest BCUT2D eigenvalue weighted by molar-refractivity contribution is 5.90. The molecule has 92 valence electrons. The molecule has 1 aromatic heterocycles. The van der Waals surface area contributed by atoms with Crippen molar-refractivity contribution in [1.82, 2.24) is 10.2 Å². The first kappa shape index (κ1) is 11.8. The van der Waals surface area contributed by atoms with Gasteiger partial charge in [-0.05, 0) is 37.4 Å². The van der Waals surface area contributed by atoms with Gasteiger partial charge in [-0.25, -0.2) is 0 Å². The van der Waals surface area contributed by atoms with Crippen LogP contribution in [0.15, 0.2) is 12.1 Å². The van der Waals surface area contributed by atoms with Crippen LogP contribution in [-0.2, 0) is 0 Å². The summed E-state index contributed by atoms with van der Waals surface area (Å²) >= 11 is 0. The Bertz CT molecular complexity index is 391. The summed E-state index contributed by atoms with van der Waals surface area (Å²) in [6.07, 6.45) is 3.44. The molecule has 1 fully saturated rings. The molecule has 0 bridgehead atoms. The fraction of sp³-hybridized carbons (Fsp3) is 0.545. The van der Waals surface area contributed by atoms with Crippen LogP contribution in [0.25, 0.3) is 0 Å². The van der Waals surface area contributed by atoms with Gasteiger partial charge >= 0.3 is 0 Å². The number of hydrogen-bond acceptors (Lipinski definition) is 5. The van der Waals surface area contributed by atoms with Gasteiger partial charge < -0.3 is 16.8 Å². The van der Waals surface area contributed by atoms with E-state index in [-0.39, 0.29) is 5.69 Å². The van der Waals surface area contributed by atoms with E-state index in [0.29, 0.717) is 24.3 Å². The number of primary amides is 1. The zero-order valence-electron chi connectivity index (χ0n) is 9.60. The standard InChI is InChI=1S/C11H17N5O/c12-6-7-2-1-3-8(7)14-10-5-4-9(11(13)17)15-16-10/h4-5,7-8H,1-3,6,12H2,(H2,13,17)(H,14,16). The van der Waals surface area contributed by atoms with Gasteiger partial charge in [-0.1, -0.05) is 6.42 Å². The van der Waals surface area contributed by atoms with Gasteiger partial charge in [0.2, 0.25) is 0 Å². The molecular formula is C11H17N5O. The number of nitrogens with two attached hydrogens (primary N) is 2. The van der Waals surface area contributed by atoms with Gasteiger partial charge in [0, 0.05) is 6.04 Å². The molecule has 0 aliphatic heterocycles. The number of rotatable bonds is 4. The molecule has 1 aromatic rings. The summed E-state index contributed by atoms with van der Waals surface area (Å²) in [5.41, 5.74) is 11.0. The number of nitrogens with zero attached hydrogens (tertiary/aromatic N) is 2. The summed E-state index contributed by atoms with van der Waals surface area (Å²) < 4.78 is 0. The third-order valence-corrected chi connectivity index (χ3v) is 3.21. The molecule has 0 spiro atoms. The highest BCUT2D eigenvalue weighted by Crippen LogP contribution is 2.26. The predicted molar refractivity (Wildman–Crippen MR) is 64.4 cm³/mol. The van der Waals surface area contributed by atoms with E-state index in [0.717, 1.165) is 12.8 Å². The second kappa shape index (κ2) is 5.09. The maximum absolute atomic E-state index is 10.8. The quantitative estimate of drug-likeness (QED) is 0.687. The number of anilines is 1. The zero-order chi connectivity index (χ0) is 12.3. The van der Waals surface area contributed by atoms with Gasteiger partial charge in [-0.15, -0.1) is 10.2 Å². The summed E-state index contributed by atoms with van der Waals surface area (Å²) in [5.74, 6) is 0.595. The molecule has 1 aliphatic carbocycles. The molecule has 2 unspecified atom stereocenters. The first-order valence-electron chi connectivity index (χ1n) is 5.81.